The van der Waals surface area contributed by atoms with E-state index >= 15 is 0 Å². The van der Waals surface area contributed by atoms with Crippen molar-refractivity contribution in [2.45, 2.75) is 13.8 Å². The molecule has 0 aliphatic heterocycles. The van der Waals surface area contributed by atoms with Crippen LogP contribution in [0.2, 0.25) is 0 Å². The number of benzene rings is 1. The predicted molar refractivity (Wildman–Crippen MR) is 98.2 cm³/mol. The number of aryl methyl sites for hydroxylation is 2. The van der Waals surface area contributed by atoms with Crippen LogP contribution in [0.3, 0.4) is 0 Å². The van der Waals surface area contributed by atoms with Crippen molar-refractivity contribution in [3.05, 3.63) is 60.3 Å². The zero-order valence-electron chi connectivity index (χ0n) is 14.8. The van der Waals surface area contributed by atoms with E-state index in [0.29, 0.717) is 5.82 Å². The SMILES string of the molecule is COc1cccc(-c2[nH]ncc2-c2nc(C)nn2-c2ccnc(C)c2)c1. The summed E-state index contributed by atoms with van der Waals surface area (Å²) in [6.07, 6.45) is 3.53. The number of aromatic nitrogens is 6. The van der Waals surface area contributed by atoms with E-state index in [-0.39, 0.29) is 0 Å². The van der Waals surface area contributed by atoms with Gasteiger partial charge in [-0.1, -0.05) is 12.1 Å². The lowest BCUT2D eigenvalue weighted by molar-refractivity contribution is 0.415. The minimum Gasteiger partial charge on any atom is -0.497 e. The molecule has 0 aliphatic carbocycles. The summed E-state index contributed by atoms with van der Waals surface area (Å²) in [6, 6.07) is 11.7. The number of H-pyrrole nitrogens is 1. The minimum absolute atomic E-state index is 0.687. The summed E-state index contributed by atoms with van der Waals surface area (Å²) in [5, 5.41) is 11.9. The predicted octanol–water partition coefficient (Wildman–Crippen LogP) is 3.34. The van der Waals surface area contributed by atoms with E-state index in [2.05, 4.69) is 25.3 Å². The molecule has 0 saturated heterocycles. The summed E-state index contributed by atoms with van der Waals surface area (Å²) in [7, 11) is 1.65. The molecule has 4 aromatic rings. The van der Waals surface area contributed by atoms with Gasteiger partial charge in [0.1, 0.15) is 11.6 Å². The molecule has 3 heterocycles. The van der Waals surface area contributed by atoms with Gasteiger partial charge in [0.25, 0.3) is 0 Å². The molecule has 0 amide bonds. The summed E-state index contributed by atoms with van der Waals surface area (Å²) < 4.78 is 7.15. The third-order valence-corrected chi connectivity index (χ3v) is 4.08. The number of nitrogens with one attached hydrogen (secondary N) is 1. The Labute approximate surface area is 150 Å². The van der Waals surface area contributed by atoms with Crippen molar-refractivity contribution < 1.29 is 4.74 Å². The second-order valence-electron chi connectivity index (χ2n) is 5.94. The van der Waals surface area contributed by atoms with Crippen LogP contribution >= 0.6 is 0 Å². The van der Waals surface area contributed by atoms with Crippen LogP contribution in [0.15, 0.2) is 48.8 Å². The number of ether oxygens (including phenoxy) is 1. The first-order valence-electron chi connectivity index (χ1n) is 8.20. The highest BCUT2D eigenvalue weighted by Gasteiger charge is 2.18. The topological polar surface area (TPSA) is 81.5 Å². The van der Waals surface area contributed by atoms with Gasteiger partial charge in [0.05, 0.1) is 30.3 Å². The molecule has 7 heteroatoms. The first kappa shape index (κ1) is 16.0. The first-order valence-corrected chi connectivity index (χ1v) is 8.20. The lowest BCUT2D eigenvalue weighted by Crippen LogP contribution is -2.01. The smallest absolute Gasteiger partial charge is 0.167 e. The molecule has 0 fully saturated rings. The van der Waals surface area contributed by atoms with Gasteiger partial charge in [0.2, 0.25) is 0 Å². The van der Waals surface area contributed by atoms with E-state index in [0.717, 1.165) is 39.8 Å². The Balaban J connectivity index is 1.87. The van der Waals surface area contributed by atoms with Crippen LogP contribution in [0.4, 0.5) is 0 Å². The zero-order chi connectivity index (χ0) is 18.1. The van der Waals surface area contributed by atoms with Gasteiger partial charge in [-0.05, 0) is 38.1 Å². The van der Waals surface area contributed by atoms with Gasteiger partial charge < -0.3 is 4.74 Å². The fourth-order valence-corrected chi connectivity index (χ4v) is 2.89. The molecule has 0 radical (unpaired) electrons. The van der Waals surface area contributed by atoms with Crippen molar-refractivity contribution in [2.75, 3.05) is 7.11 Å². The minimum atomic E-state index is 0.687. The van der Waals surface area contributed by atoms with Gasteiger partial charge in [0, 0.05) is 17.5 Å². The fraction of sp³-hybridized carbons (Fsp3) is 0.158. The van der Waals surface area contributed by atoms with Gasteiger partial charge >= 0.3 is 0 Å². The van der Waals surface area contributed by atoms with E-state index in [1.165, 1.54) is 0 Å². The zero-order valence-corrected chi connectivity index (χ0v) is 14.8. The maximum absolute atomic E-state index is 5.33. The maximum atomic E-state index is 5.33. The third kappa shape index (κ3) is 2.83. The number of rotatable bonds is 4. The molecule has 1 aromatic carbocycles. The third-order valence-electron chi connectivity index (χ3n) is 4.08. The molecule has 7 nitrogen and oxygen atoms in total. The second-order valence-corrected chi connectivity index (χ2v) is 5.94. The molecule has 1 N–H and O–H groups in total. The van der Waals surface area contributed by atoms with Crippen molar-refractivity contribution in [1.29, 1.82) is 0 Å². The van der Waals surface area contributed by atoms with Gasteiger partial charge in [-0.15, -0.1) is 0 Å². The number of hydrogen-bond acceptors (Lipinski definition) is 5. The highest BCUT2D eigenvalue weighted by molar-refractivity contribution is 5.78. The van der Waals surface area contributed by atoms with Gasteiger partial charge in [-0.2, -0.15) is 10.2 Å². The van der Waals surface area contributed by atoms with Crippen LogP contribution in [-0.4, -0.2) is 37.1 Å². The van der Waals surface area contributed by atoms with Crippen LogP contribution in [0, 0.1) is 13.8 Å². The number of aromatic amines is 1. The summed E-state index contributed by atoms with van der Waals surface area (Å²) in [5.74, 6) is 2.19. The molecule has 0 aliphatic rings. The molecule has 0 unspecified atom stereocenters. The Bertz CT molecular complexity index is 1070. The molecule has 0 atom stereocenters. The average Bonchev–Trinajstić information content (AvgIpc) is 3.28. The Hall–Kier alpha value is -3.48. The molecule has 4 rings (SSSR count). The summed E-state index contributed by atoms with van der Waals surface area (Å²) in [6.45, 7) is 3.83. The van der Waals surface area contributed by atoms with Crippen molar-refractivity contribution in [1.82, 2.24) is 29.9 Å². The molecule has 26 heavy (non-hydrogen) atoms. The van der Waals surface area contributed by atoms with Crippen molar-refractivity contribution in [3.8, 4) is 34.1 Å². The molecule has 0 bridgehead atoms. The lowest BCUT2D eigenvalue weighted by atomic mass is 10.1. The van der Waals surface area contributed by atoms with Gasteiger partial charge in [-0.25, -0.2) is 9.67 Å². The average molecular weight is 346 g/mol. The Morgan fingerprint density at radius 1 is 1.12 bits per heavy atom. The second kappa shape index (κ2) is 6.44. The van der Waals surface area contributed by atoms with Crippen molar-refractivity contribution in [2.24, 2.45) is 0 Å². The normalized spacial score (nSPS) is 10.9. The van der Waals surface area contributed by atoms with Crippen LogP contribution < -0.4 is 4.74 Å². The fourth-order valence-electron chi connectivity index (χ4n) is 2.89. The van der Waals surface area contributed by atoms with E-state index < -0.39 is 0 Å². The molecule has 130 valence electrons. The van der Waals surface area contributed by atoms with Crippen LogP contribution in [0.5, 0.6) is 5.75 Å². The van der Waals surface area contributed by atoms with Crippen LogP contribution in [0.25, 0.3) is 28.3 Å². The number of hydrogen-bond donors (Lipinski definition) is 1. The quantitative estimate of drug-likeness (QED) is 0.613. The van der Waals surface area contributed by atoms with Crippen LogP contribution in [-0.2, 0) is 0 Å². The van der Waals surface area contributed by atoms with E-state index in [9.17, 15) is 0 Å². The number of pyridine rings is 1. The Morgan fingerprint density at radius 2 is 2.00 bits per heavy atom. The number of nitrogens with zero attached hydrogens (tertiary/aromatic N) is 5. The number of methoxy groups -OCH3 is 1. The Morgan fingerprint density at radius 3 is 2.81 bits per heavy atom. The largest absolute Gasteiger partial charge is 0.497 e. The lowest BCUT2D eigenvalue weighted by Gasteiger charge is -2.08. The van der Waals surface area contributed by atoms with Gasteiger partial charge in [0.15, 0.2) is 5.82 Å². The first-order chi connectivity index (χ1) is 12.7. The highest BCUT2D eigenvalue weighted by Crippen LogP contribution is 2.32. The monoisotopic (exact) mass is 346 g/mol. The summed E-state index contributed by atoms with van der Waals surface area (Å²) >= 11 is 0. The summed E-state index contributed by atoms with van der Waals surface area (Å²) in [4.78, 5) is 8.88. The molecular weight excluding hydrogens is 328 g/mol. The van der Waals surface area contributed by atoms with Crippen LogP contribution in [0.1, 0.15) is 11.5 Å². The maximum Gasteiger partial charge on any atom is 0.167 e. The standard InChI is InChI=1S/C19H18N6O/c1-12-9-15(7-8-20-12)25-19(22-13(2)24-25)17-11-21-23-18(17)14-5-4-6-16(10-14)26-3/h4-11H,1-3H3,(H,21,23). The van der Waals surface area contributed by atoms with E-state index in [1.807, 2.05) is 54.9 Å². The van der Waals surface area contributed by atoms with Gasteiger partial charge in [-0.3, -0.25) is 10.1 Å². The summed E-state index contributed by atoms with van der Waals surface area (Å²) in [5.41, 5.74) is 4.53. The van der Waals surface area contributed by atoms with E-state index in [4.69, 9.17) is 4.74 Å². The molecule has 3 aromatic heterocycles. The molecular formula is C19H18N6O. The molecule has 0 saturated carbocycles. The van der Waals surface area contributed by atoms with E-state index in [1.54, 1.807) is 19.5 Å². The Kier molecular flexibility index (Phi) is 3.96. The highest BCUT2D eigenvalue weighted by atomic mass is 16.5. The van der Waals surface area contributed by atoms with Crippen molar-refractivity contribution in [3.63, 3.8) is 0 Å². The van der Waals surface area contributed by atoms with Crippen molar-refractivity contribution >= 4 is 0 Å². The molecule has 0 spiro atoms.